The molecule has 6 atom stereocenters. The first-order chi connectivity index (χ1) is 20.7. The van der Waals surface area contributed by atoms with E-state index in [0.29, 0.717) is 42.5 Å². The third-order valence-electron chi connectivity index (χ3n) is 8.19. The summed E-state index contributed by atoms with van der Waals surface area (Å²) >= 11 is 5.74. The van der Waals surface area contributed by atoms with Crippen molar-refractivity contribution in [2.24, 2.45) is 28.9 Å². The summed E-state index contributed by atoms with van der Waals surface area (Å²) in [6.07, 6.45) is 19.6. The summed E-state index contributed by atoms with van der Waals surface area (Å²) in [6.45, 7) is 18.1. The number of ether oxygens (including phenoxy) is 2. The molecule has 6 nitrogen and oxygen atoms in total. The SMILES string of the molecule is C=O.CC(C)CC1COC(C(C)C2OC2C2C=CC=CC2)C/C=C/CCNCC(C)(C)CN1.NCCc1cccc(Cl)c1. The van der Waals surface area contributed by atoms with Gasteiger partial charge in [0.15, 0.2) is 0 Å². The molecule has 43 heavy (non-hydrogen) atoms. The molecule has 0 radical (unpaired) electrons. The Kier molecular flexibility index (Phi) is 17.6. The van der Waals surface area contributed by atoms with Crippen molar-refractivity contribution in [3.05, 3.63) is 71.3 Å². The Hall–Kier alpha value is -1.80. The molecule has 4 rings (SSSR count). The highest BCUT2D eigenvalue weighted by molar-refractivity contribution is 6.30. The summed E-state index contributed by atoms with van der Waals surface area (Å²) < 4.78 is 12.8. The average molecular weight is 616 g/mol. The van der Waals surface area contributed by atoms with Crippen molar-refractivity contribution < 1.29 is 14.3 Å². The van der Waals surface area contributed by atoms with Crippen molar-refractivity contribution in [2.75, 3.05) is 32.8 Å². The van der Waals surface area contributed by atoms with Crippen LogP contribution in [0.5, 0.6) is 0 Å². The van der Waals surface area contributed by atoms with Gasteiger partial charge in [0.25, 0.3) is 0 Å². The summed E-state index contributed by atoms with van der Waals surface area (Å²) in [4.78, 5) is 8.00. The van der Waals surface area contributed by atoms with Gasteiger partial charge < -0.3 is 30.6 Å². The van der Waals surface area contributed by atoms with Gasteiger partial charge in [-0.05, 0) is 74.2 Å². The van der Waals surface area contributed by atoms with Crippen LogP contribution < -0.4 is 16.4 Å². The normalized spacial score (nSPS) is 28.8. The van der Waals surface area contributed by atoms with E-state index in [-0.39, 0.29) is 11.5 Å². The van der Waals surface area contributed by atoms with Crippen molar-refractivity contribution in [1.29, 1.82) is 0 Å². The zero-order valence-electron chi connectivity index (χ0n) is 27.3. The van der Waals surface area contributed by atoms with Gasteiger partial charge in [0.1, 0.15) is 6.79 Å². The quantitative estimate of drug-likeness (QED) is 0.239. The first kappa shape index (κ1) is 37.4. The number of rotatable bonds is 7. The zero-order chi connectivity index (χ0) is 31.7. The van der Waals surface area contributed by atoms with Crippen LogP contribution in [0, 0.1) is 23.2 Å². The maximum atomic E-state index is 8.00. The fourth-order valence-corrected chi connectivity index (χ4v) is 5.93. The Bertz CT molecular complexity index is 996. The molecule has 1 aromatic rings. The fraction of sp³-hybridized carbons (Fsp3) is 0.639. The van der Waals surface area contributed by atoms with Gasteiger partial charge in [0, 0.05) is 36.0 Å². The molecule has 3 aliphatic rings. The predicted octanol–water partition coefficient (Wildman–Crippen LogP) is 6.53. The third kappa shape index (κ3) is 14.7. The van der Waals surface area contributed by atoms with E-state index in [1.807, 2.05) is 31.1 Å². The molecule has 6 unspecified atom stereocenters. The Morgan fingerprint density at radius 2 is 1.88 bits per heavy atom. The second-order valence-electron chi connectivity index (χ2n) is 13.2. The molecule has 4 N–H and O–H groups in total. The van der Waals surface area contributed by atoms with E-state index < -0.39 is 0 Å². The molecule has 0 saturated carbocycles. The number of carbonyl (C=O) groups excluding carboxylic acids is 1. The Morgan fingerprint density at radius 3 is 2.56 bits per heavy atom. The lowest BCUT2D eigenvalue weighted by Gasteiger charge is -2.31. The van der Waals surface area contributed by atoms with E-state index in [1.54, 1.807) is 0 Å². The third-order valence-corrected chi connectivity index (χ3v) is 8.42. The minimum absolute atomic E-state index is 0.203. The van der Waals surface area contributed by atoms with E-state index >= 15 is 0 Å². The van der Waals surface area contributed by atoms with E-state index in [2.05, 4.69) is 81.7 Å². The number of halogens is 1. The average Bonchev–Trinajstić information content (AvgIpc) is 3.79. The van der Waals surface area contributed by atoms with Crippen molar-refractivity contribution >= 4 is 18.4 Å². The van der Waals surface area contributed by atoms with Crippen LogP contribution in [0.1, 0.15) is 65.9 Å². The molecular weight excluding hydrogens is 558 g/mol. The Morgan fingerprint density at radius 1 is 1.09 bits per heavy atom. The van der Waals surface area contributed by atoms with Crippen molar-refractivity contribution in [2.45, 2.75) is 91.1 Å². The zero-order valence-corrected chi connectivity index (χ0v) is 28.0. The number of epoxide rings is 1. The Labute approximate surface area is 266 Å². The summed E-state index contributed by atoms with van der Waals surface area (Å²) in [6, 6.07) is 8.16. The van der Waals surface area contributed by atoms with Crippen LogP contribution in [0.2, 0.25) is 5.02 Å². The number of benzene rings is 1. The molecule has 2 aliphatic heterocycles. The molecule has 2 heterocycles. The standard InChI is InChI=1S/C27H46N2O2.C8H10ClN.CH2O/c1-20(2)16-23-17-30-24(14-10-7-11-15-28-18-27(4,5)19-29-23)21(3)25-26(31-25)22-12-8-6-9-13-22;9-8-3-1-2-7(6-8)4-5-10;1-2/h6-10,12,20-26,28-29H,11,13-19H2,1-5H3;1-3,6H,4-5,10H2;1H2/b10-7+;;. The topological polar surface area (TPSA) is 88.9 Å². The van der Waals surface area contributed by atoms with Crippen molar-refractivity contribution in [3.63, 3.8) is 0 Å². The summed E-state index contributed by atoms with van der Waals surface area (Å²) in [5, 5.41) is 8.25. The van der Waals surface area contributed by atoms with Gasteiger partial charge in [-0.25, -0.2) is 0 Å². The molecule has 1 saturated heterocycles. The van der Waals surface area contributed by atoms with Crippen LogP contribution in [-0.4, -0.2) is 63.9 Å². The number of hydrogen-bond donors (Lipinski definition) is 3. The monoisotopic (exact) mass is 615 g/mol. The molecule has 0 amide bonds. The van der Waals surface area contributed by atoms with Crippen LogP contribution in [0.15, 0.2) is 60.7 Å². The van der Waals surface area contributed by atoms with Gasteiger partial charge in [-0.1, -0.05) is 94.8 Å². The fourth-order valence-electron chi connectivity index (χ4n) is 5.71. The van der Waals surface area contributed by atoms with E-state index in [4.69, 9.17) is 31.6 Å². The van der Waals surface area contributed by atoms with Gasteiger partial charge in [-0.2, -0.15) is 0 Å². The lowest BCUT2D eigenvalue weighted by atomic mass is 9.88. The van der Waals surface area contributed by atoms with Gasteiger partial charge >= 0.3 is 0 Å². The van der Waals surface area contributed by atoms with Crippen LogP contribution in [0.3, 0.4) is 0 Å². The number of hydrogen-bond acceptors (Lipinski definition) is 6. The van der Waals surface area contributed by atoms with Crippen LogP contribution >= 0.6 is 11.6 Å². The number of carbonyl (C=O) groups is 1. The largest absolute Gasteiger partial charge is 0.376 e. The highest BCUT2D eigenvalue weighted by Gasteiger charge is 2.49. The molecule has 1 aromatic carbocycles. The predicted molar refractivity (Wildman–Crippen MR) is 182 cm³/mol. The highest BCUT2D eigenvalue weighted by Crippen LogP contribution is 2.40. The molecular formula is C36H58ClN3O3. The molecule has 0 spiro atoms. The van der Waals surface area contributed by atoms with Crippen LogP contribution in [0.25, 0.3) is 0 Å². The van der Waals surface area contributed by atoms with Gasteiger partial charge in [-0.15, -0.1) is 0 Å². The Balaban J connectivity index is 0.000000451. The minimum atomic E-state index is 0.203. The van der Waals surface area contributed by atoms with Crippen LogP contribution in [-0.2, 0) is 20.7 Å². The molecule has 0 aromatic heterocycles. The van der Waals surface area contributed by atoms with Gasteiger partial charge in [0.05, 0.1) is 24.9 Å². The van der Waals surface area contributed by atoms with Gasteiger partial charge in [0.2, 0.25) is 0 Å². The maximum Gasteiger partial charge on any atom is 0.106 e. The summed E-state index contributed by atoms with van der Waals surface area (Å²) in [5.41, 5.74) is 6.80. The highest BCUT2D eigenvalue weighted by atomic mass is 35.5. The molecule has 0 bridgehead atoms. The molecule has 242 valence electrons. The molecule has 7 heteroatoms. The first-order valence-electron chi connectivity index (χ1n) is 16.1. The number of allylic oxidation sites excluding steroid dienone is 3. The van der Waals surface area contributed by atoms with Crippen molar-refractivity contribution in [3.8, 4) is 0 Å². The first-order valence-corrected chi connectivity index (χ1v) is 16.5. The van der Waals surface area contributed by atoms with Crippen LogP contribution in [0.4, 0.5) is 0 Å². The second kappa shape index (κ2) is 20.3. The molecule has 1 aliphatic carbocycles. The smallest absolute Gasteiger partial charge is 0.106 e. The van der Waals surface area contributed by atoms with E-state index in [0.717, 1.165) is 63.4 Å². The van der Waals surface area contributed by atoms with Gasteiger partial charge in [-0.3, -0.25) is 0 Å². The maximum absolute atomic E-state index is 8.00. The summed E-state index contributed by atoms with van der Waals surface area (Å²) in [5.74, 6) is 1.57. The number of nitrogens with two attached hydrogens (primary N) is 1. The lowest BCUT2D eigenvalue weighted by molar-refractivity contribution is -0.0980. The number of nitrogens with one attached hydrogen (secondary N) is 2. The molecule has 1 fully saturated rings. The summed E-state index contributed by atoms with van der Waals surface area (Å²) in [7, 11) is 0. The van der Waals surface area contributed by atoms with E-state index in [1.165, 1.54) is 5.56 Å². The minimum Gasteiger partial charge on any atom is -0.376 e. The second-order valence-corrected chi connectivity index (χ2v) is 13.7. The lowest BCUT2D eigenvalue weighted by Crippen LogP contribution is -2.45. The van der Waals surface area contributed by atoms with E-state index in [9.17, 15) is 0 Å². The van der Waals surface area contributed by atoms with Crippen molar-refractivity contribution in [1.82, 2.24) is 10.6 Å².